The van der Waals surface area contributed by atoms with Crippen LogP contribution in [0.5, 0.6) is 0 Å². The number of aliphatic hydroxyl groups is 1. The summed E-state index contributed by atoms with van der Waals surface area (Å²) in [6, 6.07) is 6.79. The van der Waals surface area contributed by atoms with E-state index in [1.807, 2.05) is 0 Å². The number of anilines is 1. The Morgan fingerprint density at radius 1 is 1.29 bits per heavy atom. The van der Waals surface area contributed by atoms with Crippen molar-refractivity contribution in [3.8, 4) is 11.8 Å². The molecule has 0 atom stereocenters. The number of rotatable bonds is 3. The lowest BCUT2D eigenvalue weighted by Gasteiger charge is -2.29. The summed E-state index contributed by atoms with van der Waals surface area (Å²) < 4.78 is 28.6. The number of nitrogens with zero attached hydrogens (tertiary/aromatic N) is 1. The highest BCUT2D eigenvalue weighted by Crippen LogP contribution is 2.20. The van der Waals surface area contributed by atoms with Crippen molar-refractivity contribution in [3.63, 3.8) is 0 Å². The Morgan fingerprint density at radius 3 is 2.48 bits per heavy atom. The van der Waals surface area contributed by atoms with E-state index < -0.39 is 10.2 Å². The molecule has 1 aromatic rings. The van der Waals surface area contributed by atoms with Crippen molar-refractivity contribution >= 4 is 15.9 Å². The fourth-order valence-electron chi connectivity index (χ4n) is 2.20. The second-order valence-corrected chi connectivity index (χ2v) is 6.90. The van der Waals surface area contributed by atoms with E-state index in [9.17, 15) is 8.42 Å². The van der Waals surface area contributed by atoms with Gasteiger partial charge < -0.3 is 5.11 Å². The summed E-state index contributed by atoms with van der Waals surface area (Å²) in [5.74, 6) is 5.90. The van der Waals surface area contributed by atoms with E-state index in [4.69, 9.17) is 5.11 Å². The molecule has 1 aromatic carbocycles. The smallest absolute Gasteiger partial charge is 0.301 e. The van der Waals surface area contributed by atoms with Crippen molar-refractivity contribution in [1.82, 2.24) is 4.31 Å². The highest BCUT2D eigenvalue weighted by Gasteiger charge is 2.26. The molecule has 0 radical (unpaired) electrons. The van der Waals surface area contributed by atoms with E-state index in [2.05, 4.69) is 23.5 Å². The molecule has 1 aliphatic heterocycles. The van der Waals surface area contributed by atoms with Gasteiger partial charge in [0.2, 0.25) is 0 Å². The molecule has 21 heavy (non-hydrogen) atoms. The maximum Gasteiger partial charge on any atom is 0.301 e. The minimum absolute atomic E-state index is 0.193. The first-order valence-corrected chi connectivity index (χ1v) is 8.43. The third-order valence-electron chi connectivity index (χ3n) is 3.53. The van der Waals surface area contributed by atoms with Crippen LogP contribution in [-0.2, 0) is 10.2 Å². The minimum Gasteiger partial charge on any atom is -0.384 e. The number of hydrogen-bond acceptors (Lipinski definition) is 3. The largest absolute Gasteiger partial charge is 0.384 e. The molecule has 0 bridgehead atoms. The summed E-state index contributed by atoms with van der Waals surface area (Å²) in [6.07, 6.45) is 1.80. The van der Waals surface area contributed by atoms with Gasteiger partial charge in [-0.25, -0.2) is 0 Å². The maximum atomic E-state index is 12.3. The molecule has 1 aliphatic rings. The summed E-state index contributed by atoms with van der Waals surface area (Å²) in [7, 11) is -3.48. The third kappa shape index (κ3) is 4.46. The minimum atomic E-state index is -3.48. The van der Waals surface area contributed by atoms with Gasteiger partial charge in [0.25, 0.3) is 0 Å². The lowest BCUT2D eigenvalue weighted by Crippen LogP contribution is -2.41. The molecule has 0 saturated carbocycles. The fourth-order valence-corrected chi connectivity index (χ4v) is 3.46. The summed E-state index contributed by atoms with van der Waals surface area (Å²) >= 11 is 0. The average molecular weight is 308 g/mol. The predicted octanol–water partition coefficient (Wildman–Crippen LogP) is 1.42. The van der Waals surface area contributed by atoms with Crippen molar-refractivity contribution in [2.75, 3.05) is 24.4 Å². The van der Waals surface area contributed by atoms with Gasteiger partial charge in [-0.2, -0.15) is 12.7 Å². The van der Waals surface area contributed by atoms with Crippen LogP contribution in [0.25, 0.3) is 0 Å². The molecule has 0 aromatic heterocycles. The molecule has 6 heteroatoms. The molecule has 5 nitrogen and oxygen atoms in total. The number of aliphatic hydroxyl groups excluding tert-OH is 1. The lowest BCUT2D eigenvalue weighted by molar-refractivity contribution is 0.289. The van der Waals surface area contributed by atoms with Crippen LogP contribution in [0.4, 0.5) is 5.69 Å². The van der Waals surface area contributed by atoms with Gasteiger partial charge in [-0.05, 0) is 43.0 Å². The Balaban J connectivity index is 2.03. The van der Waals surface area contributed by atoms with Crippen molar-refractivity contribution < 1.29 is 13.5 Å². The van der Waals surface area contributed by atoms with Gasteiger partial charge in [0.05, 0.1) is 0 Å². The molecule has 1 heterocycles. The van der Waals surface area contributed by atoms with E-state index in [-0.39, 0.29) is 6.61 Å². The topological polar surface area (TPSA) is 69.6 Å². The van der Waals surface area contributed by atoms with E-state index in [0.717, 1.165) is 18.4 Å². The van der Waals surface area contributed by atoms with E-state index in [1.165, 1.54) is 4.31 Å². The molecule has 2 N–H and O–H groups in total. The SMILES string of the molecule is CC1CCN(S(=O)(=O)Nc2ccc(C#CCO)cc2)CC1. The second kappa shape index (κ2) is 6.94. The Labute approximate surface area is 126 Å². The summed E-state index contributed by atoms with van der Waals surface area (Å²) in [5, 5.41) is 8.63. The summed E-state index contributed by atoms with van der Waals surface area (Å²) in [5.41, 5.74) is 1.25. The van der Waals surface area contributed by atoms with E-state index in [0.29, 0.717) is 24.7 Å². The van der Waals surface area contributed by atoms with Crippen LogP contribution in [0, 0.1) is 17.8 Å². The first-order chi connectivity index (χ1) is 10.0. The van der Waals surface area contributed by atoms with Crippen LogP contribution >= 0.6 is 0 Å². The number of hydrogen-bond donors (Lipinski definition) is 2. The van der Waals surface area contributed by atoms with Gasteiger partial charge >= 0.3 is 10.2 Å². The summed E-state index contributed by atoms with van der Waals surface area (Å²) in [4.78, 5) is 0. The molecule has 0 unspecified atom stereocenters. The first-order valence-electron chi connectivity index (χ1n) is 6.99. The molecule has 0 amide bonds. The first kappa shape index (κ1) is 15.8. The predicted molar refractivity (Wildman–Crippen MR) is 82.9 cm³/mol. The standard InChI is InChI=1S/C15H20N2O3S/c1-13-8-10-17(11-9-13)21(19,20)16-15-6-4-14(5-7-15)3-2-12-18/h4-7,13,16,18H,8-12H2,1H3. The normalized spacial score (nSPS) is 17.0. The van der Waals surface area contributed by atoms with Gasteiger partial charge in [-0.15, -0.1) is 0 Å². The van der Waals surface area contributed by atoms with Gasteiger partial charge in [0.1, 0.15) is 6.61 Å². The van der Waals surface area contributed by atoms with Crippen LogP contribution in [0.15, 0.2) is 24.3 Å². The van der Waals surface area contributed by atoms with Gasteiger partial charge in [-0.3, -0.25) is 4.72 Å². The van der Waals surface area contributed by atoms with Crippen molar-refractivity contribution in [1.29, 1.82) is 0 Å². The molecule has 1 fully saturated rings. The Hall–Kier alpha value is -1.55. The zero-order valence-corrected chi connectivity index (χ0v) is 12.9. The van der Waals surface area contributed by atoms with Gasteiger partial charge in [0.15, 0.2) is 0 Å². The summed E-state index contributed by atoms with van der Waals surface area (Å²) in [6.45, 7) is 3.08. The van der Waals surface area contributed by atoms with E-state index in [1.54, 1.807) is 24.3 Å². The molecule has 1 saturated heterocycles. The maximum absolute atomic E-state index is 12.3. The Morgan fingerprint density at radius 2 is 1.90 bits per heavy atom. The number of benzene rings is 1. The highest BCUT2D eigenvalue weighted by atomic mass is 32.2. The van der Waals surface area contributed by atoms with Crippen LogP contribution in [0.3, 0.4) is 0 Å². The Bertz CT molecular complexity index is 621. The number of nitrogens with one attached hydrogen (secondary N) is 1. The lowest BCUT2D eigenvalue weighted by atomic mass is 10.0. The highest BCUT2D eigenvalue weighted by molar-refractivity contribution is 7.90. The quantitative estimate of drug-likeness (QED) is 0.830. The van der Waals surface area contributed by atoms with E-state index >= 15 is 0 Å². The molecule has 0 aliphatic carbocycles. The monoisotopic (exact) mass is 308 g/mol. The molecular weight excluding hydrogens is 288 g/mol. The average Bonchev–Trinajstić information content (AvgIpc) is 2.47. The second-order valence-electron chi connectivity index (χ2n) is 5.23. The van der Waals surface area contributed by atoms with Crippen LogP contribution in [0.1, 0.15) is 25.3 Å². The fraction of sp³-hybridized carbons (Fsp3) is 0.467. The van der Waals surface area contributed by atoms with Crippen LogP contribution < -0.4 is 4.72 Å². The Kier molecular flexibility index (Phi) is 5.23. The zero-order chi connectivity index (χ0) is 15.3. The van der Waals surface area contributed by atoms with Gasteiger partial charge in [0, 0.05) is 24.3 Å². The van der Waals surface area contributed by atoms with Crippen molar-refractivity contribution in [3.05, 3.63) is 29.8 Å². The van der Waals surface area contributed by atoms with Gasteiger partial charge in [-0.1, -0.05) is 18.8 Å². The molecular formula is C15H20N2O3S. The zero-order valence-electron chi connectivity index (χ0n) is 12.0. The molecule has 114 valence electrons. The van der Waals surface area contributed by atoms with Crippen molar-refractivity contribution in [2.24, 2.45) is 5.92 Å². The number of piperidine rings is 1. The molecule has 0 spiro atoms. The third-order valence-corrected chi connectivity index (χ3v) is 5.06. The van der Waals surface area contributed by atoms with Crippen molar-refractivity contribution in [2.45, 2.75) is 19.8 Å². The van der Waals surface area contributed by atoms with Crippen LogP contribution in [0.2, 0.25) is 0 Å². The van der Waals surface area contributed by atoms with Crippen LogP contribution in [-0.4, -0.2) is 37.5 Å². The molecule has 2 rings (SSSR count).